The number of hydrogen-bond donors (Lipinski definition) is 0. The lowest BCUT2D eigenvalue weighted by molar-refractivity contribution is -0.140. The van der Waals surface area contributed by atoms with Gasteiger partial charge in [0.25, 0.3) is 5.91 Å². The molecule has 0 radical (unpaired) electrons. The molecule has 0 spiro atoms. The van der Waals surface area contributed by atoms with Gasteiger partial charge in [-0.05, 0) is 13.0 Å². The van der Waals surface area contributed by atoms with E-state index in [-0.39, 0.29) is 17.6 Å². The monoisotopic (exact) mass is 392 g/mol. The van der Waals surface area contributed by atoms with Crippen LogP contribution in [-0.4, -0.2) is 35.7 Å². The summed E-state index contributed by atoms with van der Waals surface area (Å²) in [7, 11) is 0. The molecule has 7 nitrogen and oxygen atoms in total. The summed E-state index contributed by atoms with van der Waals surface area (Å²) in [6.07, 6.45) is 0.149. The molecule has 1 amide bonds. The number of thiazole rings is 1. The molecular weight excluding hydrogens is 381 g/mol. The van der Waals surface area contributed by atoms with Crippen molar-refractivity contribution in [2.45, 2.75) is 25.7 Å². The van der Waals surface area contributed by atoms with Crippen LogP contribution in [-0.2, 0) is 12.7 Å². The second kappa shape index (κ2) is 6.34. The highest BCUT2D eigenvalue weighted by Gasteiger charge is 2.37. The highest BCUT2D eigenvalue weighted by Crippen LogP contribution is 2.35. The number of fused-ring (bicyclic) bond motifs is 1. The van der Waals surface area contributed by atoms with Crippen LogP contribution in [0.25, 0.3) is 11.6 Å². The molecule has 1 aliphatic rings. The predicted molar refractivity (Wildman–Crippen MR) is 88.5 cm³/mol. The Morgan fingerprint density at radius 3 is 2.59 bits per heavy atom. The SMILES string of the molecule is CC1c2cnc(-c3ncccn3)nc2CN1C(=O)c1nc(C(F)(F)F)cs1. The number of carbonyl (C=O) groups is 1. The Labute approximate surface area is 155 Å². The third-order valence-electron chi connectivity index (χ3n) is 4.14. The molecular formula is C16H11F3N6OS. The Kier molecular flexibility index (Phi) is 4.10. The Morgan fingerprint density at radius 1 is 1.19 bits per heavy atom. The molecule has 3 aromatic rings. The van der Waals surface area contributed by atoms with Crippen molar-refractivity contribution in [3.63, 3.8) is 0 Å². The summed E-state index contributed by atoms with van der Waals surface area (Å²) in [6.45, 7) is 1.92. The van der Waals surface area contributed by atoms with Gasteiger partial charge in [0.2, 0.25) is 0 Å². The smallest absolute Gasteiger partial charge is 0.324 e. The maximum Gasteiger partial charge on any atom is 0.434 e. The molecule has 1 atom stereocenters. The molecule has 138 valence electrons. The lowest BCUT2D eigenvalue weighted by atomic mass is 10.1. The predicted octanol–water partition coefficient (Wildman–Crippen LogP) is 3.13. The van der Waals surface area contributed by atoms with E-state index < -0.39 is 17.8 Å². The van der Waals surface area contributed by atoms with Gasteiger partial charge in [0.1, 0.15) is 0 Å². The van der Waals surface area contributed by atoms with Crippen molar-refractivity contribution in [2.24, 2.45) is 0 Å². The van der Waals surface area contributed by atoms with E-state index in [0.717, 1.165) is 10.9 Å². The van der Waals surface area contributed by atoms with E-state index in [0.29, 0.717) is 28.7 Å². The maximum atomic E-state index is 12.7. The van der Waals surface area contributed by atoms with E-state index in [1.807, 2.05) is 0 Å². The molecule has 0 saturated heterocycles. The molecule has 0 N–H and O–H groups in total. The van der Waals surface area contributed by atoms with Crippen molar-refractivity contribution in [3.05, 3.63) is 52.0 Å². The summed E-state index contributed by atoms with van der Waals surface area (Å²) in [5, 5.41) is 0.632. The van der Waals surface area contributed by atoms with Gasteiger partial charge in [-0.3, -0.25) is 4.79 Å². The molecule has 1 unspecified atom stereocenters. The number of rotatable bonds is 2. The molecule has 4 heterocycles. The molecule has 0 bridgehead atoms. The third kappa shape index (κ3) is 3.14. The summed E-state index contributed by atoms with van der Waals surface area (Å²) in [5.74, 6) is 0.107. The summed E-state index contributed by atoms with van der Waals surface area (Å²) in [6, 6.07) is 1.29. The van der Waals surface area contributed by atoms with Crippen molar-refractivity contribution >= 4 is 17.2 Å². The minimum atomic E-state index is -4.58. The van der Waals surface area contributed by atoms with E-state index in [9.17, 15) is 18.0 Å². The molecule has 0 saturated carbocycles. The lowest BCUT2D eigenvalue weighted by Crippen LogP contribution is -2.28. The number of aromatic nitrogens is 5. The molecule has 0 fully saturated rings. The van der Waals surface area contributed by atoms with E-state index in [1.54, 1.807) is 31.6 Å². The van der Waals surface area contributed by atoms with Crippen LogP contribution in [0.4, 0.5) is 13.2 Å². The van der Waals surface area contributed by atoms with E-state index in [2.05, 4.69) is 24.9 Å². The van der Waals surface area contributed by atoms with Crippen LogP contribution in [0, 0.1) is 0 Å². The van der Waals surface area contributed by atoms with Gasteiger partial charge in [0.05, 0.1) is 18.3 Å². The quantitative estimate of drug-likeness (QED) is 0.666. The highest BCUT2D eigenvalue weighted by molar-refractivity contribution is 7.11. The largest absolute Gasteiger partial charge is 0.434 e. The van der Waals surface area contributed by atoms with E-state index in [4.69, 9.17) is 0 Å². The zero-order valence-electron chi connectivity index (χ0n) is 13.8. The average molecular weight is 392 g/mol. The van der Waals surface area contributed by atoms with Gasteiger partial charge in [-0.2, -0.15) is 13.2 Å². The molecule has 4 rings (SSSR count). The van der Waals surface area contributed by atoms with Crippen molar-refractivity contribution < 1.29 is 18.0 Å². The highest BCUT2D eigenvalue weighted by atomic mass is 32.1. The maximum absolute atomic E-state index is 12.7. The van der Waals surface area contributed by atoms with Gasteiger partial charge in [-0.15, -0.1) is 11.3 Å². The van der Waals surface area contributed by atoms with Gasteiger partial charge in [0, 0.05) is 29.5 Å². The third-order valence-corrected chi connectivity index (χ3v) is 4.97. The molecule has 11 heteroatoms. The van der Waals surface area contributed by atoms with Crippen LogP contribution in [0.5, 0.6) is 0 Å². The number of halogens is 3. The molecule has 0 aliphatic carbocycles. The summed E-state index contributed by atoms with van der Waals surface area (Å²) in [4.78, 5) is 34.3. The fourth-order valence-corrected chi connectivity index (χ4v) is 3.54. The summed E-state index contributed by atoms with van der Waals surface area (Å²) < 4.78 is 38.2. The van der Waals surface area contributed by atoms with Crippen LogP contribution in [0.2, 0.25) is 0 Å². The van der Waals surface area contributed by atoms with Crippen LogP contribution < -0.4 is 0 Å². The lowest BCUT2D eigenvalue weighted by Gasteiger charge is -2.20. The van der Waals surface area contributed by atoms with E-state index >= 15 is 0 Å². The number of nitrogens with zero attached hydrogens (tertiary/aromatic N) is 6. The average Bonchev–Trinajstić information content (AvgIpc) is 3.27. The molecule has 1 aliphatic heterocycles. The minimum Gasteiger partial charge on any atom is -0.324 e. The minimum absolute atomic E-state index is 0.151. The zero-order chi connectivity index (χ0) is 19.2. The summed E-state index contributed by atoms with van der Waals surface area (Å²) in [5.41, 5.74) is 0.278. The summed E-state index contributed by atoms with van der Waals surface area (Å²) >= 11 is 0.674. The standard InChI is InChI=1S/C16H11F3N6OS/c1-8-9-5-22-13(12-20-3-2-4-21-12)23-10(9)6-25(8)15(26)14-24-11(7-27-14)16(17,18)19/h2-5,7-8H,6H2,1H3. The number of alkyl halides is 3. The first-order valence-electron chi connectivity index (χ1n) is 7.81. The van der Waals surface area contributed by atoms with Crippen LogP contribution in [0.3, 0.4) is 0 Å². The first-order valence-corrected chi connectivity index (χ1v) is 8.69. The topological polar surface area (TPSA) is 84.8 Å². The van der Waals surface area contributed by atoms with E-state index in [1.165, 1.54) is 4.90 Å². The zero-order valence-corrected chi connectivity index (χ0v) is 14.6. The first kappa shape index (κ1) is 17.5. The molecule has 27 heavy (non-hydrogen) atoms. The van der Waals surface area contributed by atoms with Gasteiger partial charge < -0.3 is 4.90 Å². The number of carbonyl (C=O) groups excluding carboxylic acids is 1. The molecule has 3 aromatic heterocycles. The van der Waals surface area contributed by atoms with Gasteiger partial charge in [0.15, 0.2) is 22.4 Å². The van der Waals surface area contributed by atoms with Gasteiger partial charge in [-0.1, -0.05) is 0 Å². The van der Waals surface area contributed by atoms with Gasteiger partial charge in [-0.25, -0.2) is 24.9 Å². The van der Waals surface area contributed by atoms with Crippen molar-refractivity contribution in [1.29, 1.82) is 0 Å². The normalized spacial score (nSPS) is 16.4. The van der Waals surface area contributed by atoms with Crippen LogP contribution in [0.15, 0.2) is 30.0 Å². The Hall–Kier alpha value is -2.95. The Bertz CT molecular complexity index is 1010. The van der Waals surface area contributed by atoms with Gasteiger partial charge >= 0.3 is 6.18 Å². The Balaban J connectivity index is 1.60. The first-order chi connectivity index (χ1) is 12.8. The van der Waals surface area contributed by atoms with Crippen molar-refractivity contribution in [2.75, 3.05) is 0 Å². The van der Waals surface area contributed by atoms with Crippen molar-refractivity contribution in [3.8, 4) is 11.6 Å². The second-order valence-corrected chi connectivity index (χ2v) is 6.67. The van der Waals surface area contributed by atoms with Crippen molar-refractivity contribution in [1.82, 2.24) is 29.8 Å². The molecule has 0 aromatic carbocycles. The number of hydrogen-bond acceptors (Lipinski definition) is 7. The fraction of sp³-hybridized carbons (Fsp3) is 0.250. The van der Waals surface area contributed by atoms with Crippen LogP contribution in [0.1, 0.15) is 39.7 Å². The number of amides is 1. The van der Waals surface area contributed by atoms with Crippen LogP contribution >= 0.6 is 11.3 Å². The second-order valence-electron chi connectivity index (χ2n) is 5.81. The fourth-order valence-electron chi connectivity index (χ4n) is 2.76. The Morgan fingerprint density at radius 2 is 1.93 bits per heavy atom.